The maximum atomic E-state index is 12.7. The molecule has 0 aliphatic carbocycles. The Balaban J connectivity index is 0.000000960. The number of rotatable bonds is 1. The van der Waals surface area contributed by atoms with E-state index in [1.54, 1.807) is 10.7 Å². The molecule has 1 amide bonds. The average Bonchev–Trinajstić information content (AvgIpc) is 3.11. The Labute approximate surface area is 147 Å². The van der Waals surface area contributed by atoms with Crippen molar-refractivity contribution in [3.05, 3.63) is 30.2 Å². The second-order valence-corrected chi connectivity index (χ2v) is 6.06. The fourth-order valence-corrected chi connectivity index (χ4v) is 3.56. The number of pyridine rings is 1. The van der Waals surface area contributed by atoms with Crippen molar-refractivity contribution in [2.75, 3.05) is 26.2 Å². The highest BCUT2D eigenvalue weighted by atomic mass is 35.5. The largest absolute Gasteiger partial charge is 0.339 e. The molecule has 0 spiro atoms. The van der Waals surface area contributed by atoms with Crippen molar-refractivity contribution in [2.24, 2.45) is 11.8 Å². The van der Waals surface area contributed by atoms with E-state index in [4.69, 9.17) is 0 Å². The highest BCUT2D eigenvalue weighted by molar-refractivity contribution is 5.94. The Hall–Kier alpha value is -1.37. The van der Waals surface area contributed by atoms with Gasteiger partial charge in [0.2, 0.25) is 0 Å². The highest BCUT2D eigenvalue weighted by Crippen LogP contribution is 2.27. The first-order valence-corrected chi connectivity index (χ1v) is 7.60. The van der Waals surface area contributed by atoms with E-state index < -0.39 is 0 Å². The molecule has 2 aromatic rings. The van der Waals surface area contributed by atoms with Crippen LogP contribution in [0.2, 0.25) is 0 Å². The quantitative estimate of drug-likeness (QED) is 0.842. The molecule has 2 aromatic heterocycles. The van der Waals surface area contributed by atoms with Crippen molar-refractivity contribution in [1.29, 1.82) is 0 Å². The van der Waals surface area contributed by atoms with Crippen LogP contribution in [0.15, 0.2) is 24.7 Å². The molecule has 6 nitrogen and oxygen atoms in total. The van der Waals surface area contributed by atoms with Crippen LogP contribution in [0.4, 0.5) is 0 Å². The van der Waals surface area contributed by atoms with Gasteiger partial charge in [-0.3, -0.25) is 9.20 Å². The lowest BCUT2D eigenvalue weighted by molar-refractivity contribution is 0.0758. The molecule has 0 radical (unpaired) electrons. The molecule has 1 N–H and O–H groups in total. The van der Waals surface area contributed by atoms with Crippen molar-refractivity contribution in [3.8, 4) is 0 Å². The third kappa shape index (κ3) is 3.44. The Bertz CT molecular complexity index is 663. The Kier molecular flexibility index (Phi) is 5.84. The summed E-state index contributed by atoms with van der Waals surface area (Å²) in [5.41, 5.74) is 1.48. The van der Waals surface area contributed by atoms with Gasteiger partial charge >= 0.3 is 0 Å². The summed E-state index contributed by atoms with van der Waals surface area (Å²) in [6.07, 6.45) is 5.67. The number of carbonyl (C=O) groups is 1. The van der Waals surface area contributed by atoms with E-state index in [-0.39, 0.29) is 30.7 Å². The van der Waals surface area contributed by atoms with Gasteiger partial charge in [-0.15, -0.1) is 35.0 Å². The zero-order valence-electron chi connectivity index (χ0n) is 12.7. The van der Waals surface area contributed by atoms with Gasteiger partial charge in [0.05, 0.1) is 5.56 Å². The first kappa shape index (κ1) is 18.0. The van der Waals surface area contributed by atoms with Gasteiger partial charge in [-0.25, -0.2) is 0 Å². The number of nitrogens with zero attached hydrogens (tertiary/aromatic N) is 4. The molecule has 4 rings (SSSR count). The summed E-state index contributed by atoms with van der Waals surface area (Å²) in [6.45, 7) is 3.95. The van der Waals surface area contributed by atoms with Crippen molar-refractivity contribution >= 4 is 36.4 Å². The number of carbonyl (C=O) groups excluding carboxylic acids is 1. The lowest BCUT2D eigenvalue weighted by atomic mass is 9.92. The number of halogens is 2. The number of fused-ring (bicyclic) bond motifs is 2. The Morgan fingerprint density at radius 3 is 2.52 bits per heavy atom. The molecule has 0 unspecified atom stereocenters. The molecule has 4 heterocycles. The molecule has 0 saturated carbocycles. The summed E-state index contributed by atoms with van der Waals surface area (Å²) in [6, 6.07) is 3.69. The maximum absolute atomic E-state index is 12.7. The number of nitrogens with one attached hydrogen (secondary N) is 1. The highest BCUT2D eigenvalue weighted by Gasteiger charge is 2.31. The van der Waals surface area contributed by atoms with Crippen LogP contribution in [0.1, 0.15) is 23.2 Å². The van der Waals surface area contributed by atoms with Crippen LogP contribution in [0.25, 0.3) is 5.65 Å². The molecule has 2 aliphatic rings. The van der Waals surface area contributed by atoms with Crippen LogP contribution in [0, 0.1) is 11.8 Å². The number of hydrogen-bond acceptors (Lipinski definition) is 4. The molecule has 2 aliphatic heterocycles. The van der Waals surface area contributed by atoms with Crippen molar-refractivity contribution in [1.82, 2.24) is 24.8 Å². The number of likely N-dealkylation sites (tertiary alicyclic amines) is 1. The molecule has 0 aromatic carbocycles. The summed E-state index contributed by atoms with van der Waals surface area (Å²) >= 11 is 0. The molecule has 8 heteroatoms. The second kappa shape index (κ2) is 7.47. The fraction of sp³-hybridized carbons (Fsp3) is 0.533. The first-order valence-electron chi connectivity index (χ1n) is 7.60. The molecule has 23 heavy (non-hydrogen) atoms. The van der Waals surface area contributed by atoms with Crippen LogP contribution in [-0.2, 0) is 0 Å². The summed E-state index contributed by atoms with van der Waals surface area (Å²) in [7, 11) is 0. The fourth-order valence-electron chi connectivity index (χ4n) is 3.56. The van der Waals surface area contributed by atoms with Gasteiger partial charge in [-0.1, -0.05) is 0 Å². The first-order chi connectivity index (χ1) is 10.3. The van der Waals surface area contributed by atoms with E-state index >= 15 is 0 Å². The van der Waals surface area contributed by atoms with Crippen LogP contribution < -0.4 is 5.32 Å². The maximum Gasteiger partial charge on any atom is 0.255 e. The molecular formula is C15H21Cl2N5O. The zero-order valence-corrected chi connectivity index (χ0v) is 14.4. The standard InChI is InChI=1S/C15H19N5O.2ClH/c21-15(13-1-2-14-18-17-10-20(14)9-13)19-5-3-11-7-16-8-12(11)4-6-19;;/h1-2,9-12,16H,3-8H2;2*1H/t11-,12+;;. The second-order valence-electron chi connectivity index (χ2n) is 6.06. The number of hydrogen-bond donors (Lipinski definition) is 1. The van der Waals surface area contributed by atoms with Crippen LogP contribution in [0.3, 0.4) is 0 Å². The Morgan fingerprint density at radius 2 is 1.83 bits per heavy atom. The van der Waals surface area contributed by atoms with Gasteiger partial charge < -0.3 is 10.2 Å². The average molecular weight is 358 g/mol. The summed E-state index contributed by atoms with van der Waals surface area (Å²) in [4.78, 5) is 14.7. The van der Waals surface area contributed by atoms with E-state index in [9.17, 15) is 4.79 Å². The molecular weight excluding hydrogens is 337 g/mol. The van der Waals surface area contributed by atoms with Gasteiger partial charge in [0.15, 0.2) is 5.65 Å². The monoisotopic (exact) mass is 357 g/mol. The van der Waals surface area contributed by atoms with Crippen molar-refractivity contribution in [3.63, 3.8) is 0 Å². The van der Waals surface area contributed by atoms with Crippen LogP contribution >= 0.6 is 24.8 Å². The third-order valence-corrected chi connectivity index (χ3v) is 4.84. The lowest BCUT2D eigenvalue weighted by Gasteiger charge is -2.21. The zero-order chi connectivity index (χ0) is 14.2. The third-order valence-electron chi connectivity index (χ3n) is 4.84. The molecule has 2 saturated heterocycles. The number of amides is 1. The van der Waals surface area contributed by atoms with Crippen LogP contribution in [0.5, 0.6) is 0 Å². The van der Waals surface area contributed by atoms with Gasteiger partial charge in [-0.05, 0) is 49.9 Å². The Morgan fingerprint density at radius 1 is 1.13 bits per heavy atom. The van der Waals surface area contributed by atoms with E-state index in [1.165, 1.54) is 0 Å². The minimum Gasteiger partial charge on any atom is -0.339 e. The minimum atomic E-state index is 0. The van der Waals surface area contributed by atoms with E-state index in [2.05, 4.69) is 15.5 Å². The summed E-state index contributed by atoms with van der Waals surface area (Å²) in [5, 5.41) is 11.3. The predicted octanol–water partition coefficient (Wildman–Crippen LogP) is 1.64. The van der Waals surface area contributed by atoms with Gasteiger partial charge in [-0.2, -0.15) is 0 Å². The van der Waals surface area contributed by atoms with Gasteiger partial charge in [0.25, 0.3) is 5.91 Å². The lowest BCUT2D eigenvalue weighted by Crippen LogP contribution is -2.32. The minimum absolute atomic E-state index is 0. The van der Waals surface area contributed by atoms with Crippen LogP contribution in [-0.4, -0.2) is 51.6 Å². The van der Waals surface area contributed by atoms with Crippen molar-refractivity contribution < 1.29 is 4.79 Å². The smallest absolute Gasteiger partial charge is 0.255 e. The molecule has 126 valence electrons. The van der Waals surface area contributed by atoms with E-state index in [0.717, 1.165) is 56.5 Å². The predicted molar refractivity (Wildman–Crippen MR) is 92.5 cm³/mol. The molecule has 2 atom stereocenters. The molecule has 2 fully saturated rings. The van der Waals surface area contributed by atoms with E-state index in [1.807, 2.05) is 23.2 Å². The molecule has 0 bridgehead atoms. The SMILES string of the molecule is Cl.Cl.O=C(c1ccc2nncn2c1)N1CC[C@@H]2CNC[C@@H]2CC1. The topological polar surface area (TPSA) is 62.5 Å². The van der Waals surface area contributed by atoms with Gasteiger partial charge in [0, 0.05) is 19.3 Å². The summed E-state index contributed by atoms with van der Waals surface area (Å²) < 4.78 is 1.80. The summed E-state index contributed by atoms with van der Waals surface area (Å²) in [5.74, 6) is 1.60. The normalized spacial score (nSPS) is 23.6. The van der Waals surface area contributed by atoms with Gasteiger partial charge in [0.1, 0.15) is 6.33 Å². The number of aromatic nitrogens is 3. The van der Waals surface area contributed by atoms with Crippen molar-refractivity contribution in [2.45, 2.75) is 12.8 Å². The van der Waals surface area contributed by atoms with E-state index in [0.29, 0.717) is 5.56 Å².